The maximum Gasteiger partial charge on any atom is 0.229 e. The van der Waals surface area contributed by atoms with Crippen molar-refractivity contribution in [1.82, 2.24) is 9.97 Å². The molecule has 1 aliphatic rings. The van der Waals surface area contributed by atoms with Gasteiger partial charge in [-0.2, -0.15) is 4.98 Å². The molecule has 2 aromatic carbocycles. The molecule has 1 atom stereocenters. The lowest BCUT2D eigenvalue weighted by molar-refractivity contribution is 0.265. The second-order valence-electron chi connectivity index (χ2n) is 7.75. The Morgan fingerprint density at radius 1 is 1.24 bits per heavy atom. The van der Waals surface area contributed by atoms with Crippen molar-refractivity contribution in [3.63, 3.8) is 0 Å². The van der Waals surface area contributed by atoms with Gasteiger partial charge in [0.1, 0.15) is 18.0 Å². The molecular formula is C26H28N6O2. The second kappa shape index (κ2) is 10.6. The smallest absolute Gasteiger partial charge is 0.229 e. The van der Waals surface area contributed by atoms with Gasteiger partial charge in [0.15, 0.2) is 11.6 Å². The number of benzene rings is 2. The zero-order valence-electron chi connectivity index (χ0n) is 19.8. The number of likely N-dealkylation sites (N-methyl/N-ethyl adjacent to an activating group) is 1. The van der Waals surface area contributed by atoms with Crippen LogP contribution >= 0.6 is 0 Å². The molecule has 4 rings (SSSR count). The van der Waals surface area contributed by atoms with Gasteiger partial charge in [0.25, 0.3) is 0 Å². The summed E-state index contributed by atoms with van der Waals surface area (Å²) < 4.78 is 11.5. The highest BCUT2D eigenvalue weighted by Crippen LogP contribution is 2.37. The van der Waals surface area contributed by atoms with E-state index in [0.717, 1.165) is 17.2 Å². The van der Waals surface area contributed by atoms with Gasteiger partial charge in [-0.15, -0.1) is 0 Å². The molecule has 0 unspecified atom stereocenters. The van der Waals surface area contributed by atoms with E-state index >= 15 is 0 Å². The first kappa shape index (κ1) is 23.0. The summed E-state index contributed by atoms with van der Waals surface area (Å²) in [7, 11) is 3.64. The number of aromatic nitrogens is 2. The quantitative estimate of drug-likeness (QED) is 0.473. The lowest BCUT2D eigenvalue weighted by atomic mass is 10.1. The minimum Gasteiger partial charge on any atom is -0.494 e. The molecule has 3 aromatic rings. The number of rotatable bonds is 7. The van der Waals surface area contributed by atoms with Crippen LogP contribution in [0.5, 0.6) is 11.5 Å². The number of nitrogens with one attached hydrogen (secondary N) is 1. The van der Waals surface area contributed by atoms with Crippen LogP contribution in [0.3, 0.4) is 0 Å². The fourth-order valence-corrected chi connectivity index (χ4v) is 3.58. The monoisotopic (exact) mass is 456 g/mol. The molecule has 0 saturated heterocycles. The van der Waals surface area contributed by atoms with Crippen LogP contribution in [-0.4, -0.2) is 42.7 Å². The van der Waals surface area contributed by atoms with E-state index in [1.807, 2.05) is 63.4 Å². The van der Waals surface area contributed by atoms with E-state index in [1.54, 1.807) is 25.7 Å². The molecule has 0 radical (unpaired) electrons. The van der Waals surface area contributed by atoms with Crippen LogP contribution < -0.4 is 19.7 Å². The van der Waals surface area contributed by atoms with Crippen molar-refractivity contribution in [3.05, 3.63) is 72.6 Å². The Labute approximate surface area is 199 Å². The summed E-state index contributed by atoms with van der Waals surface area (Å²) in [5, 5.41) is 3.25. The third-order valence-electron chi connectivity index (χ3n) is 5.37. The second-order valence-corrected chi connectivity index (χ2v) is 7.75. The maximum absolute atomic E-state index is 5.94. The SMILES string of the molecule is C/C=C\N=C(C)C=Nc1ccc(Nc2ncc3c(n2)N(C)[C@@H](c2ccccc2)CO3)cc1OC. The third-order valence-corrected chi connectivity index (χ3v) is 5.37. The lowest BCUT2D eigenvalue weighted by Gasteiger charge is -2.34. The van der Waals surface area contributed by atoms with Gasteiger partial charge >= 0.3 is 0 Å². The summed E-state index contributed by atoms with van der Waals surface area (Å²) in [5.41, 5.74) is 3.46. The van der Waals surface area contributed by atoms with Crippen LogP contribution in [0.4, 0.5) is 23.1 Å². The standard InChI is InChI=1S/C26H28N6O2/c1-5-13-27-18(2)15-28-21-12-11-20(14-23(21)33-4)30-26-29-16-24-25(31-26)32(3)22(17-34-24)19-9-7-6-8-10-19/h5-16,22H,17H2,1-4H3,(H,29,30,31)/b13-5-,27-18?,28-15?/t22-/m1/s1. The Balaban J connectivity index is 1.53. The minimum atomic E-state index is 0.0773. The van der Waals surface area contributed by atoms with Gasteiger partial charge in [-0.25, -0.2) is 4.98 Å². The summed E-state index contributed by atoms with van der Waals surface area (Å²) in [6.07, 6.45) is 7.00. The molecular weight excluding hydrogens is 428 g/mol. The van der Waals surface area contributed by atoms with Crippen LogP contribution in [0.2, 0.25) is 0 Å². The van der Waals surface area contributed by atoms with Gasteiger partial charge in [-0.1, -0.05) is 36.4 Å². The molecule has 0 fully saturated rings. The van der Waals surface area contributed by atoms with E-state index in [4.69, 9.17) is 14.5 Å². The largest absolute Gasteiger partial charge is 0.494 e. The summed E-state index contributed by atoms with van der Waals surface area (Å²) in [4.78, 5) is 20.0. The number of methoxy groups -OCH3 is 1. The molecule has 2 heterocycles. The Hall–Kier alpha value is -4.20. The highest BCUT2D eigenvalue weighted by molar-refractivity contribution is 6.30. The molecule has 174 valence electrons. The van der Waals surface area contributed by atoms with Crippen molar-refractivity contribution in [2.24, 2.45) is 9.98 Å². The molecule has 8 heteroatoms. The first-order valence-corrected chi connectivity index (χ1v) is 11.0. The summed E-state index contributed by atoms with van der Waals surface area (Å²) in [5.74, 6) is 2.50. The number of hydrogen-bond donors (Lipinski definition) is 1. The predicted molar refractivity (Wildman–Crippen MR) is 137 cm³/mol. The van der Waals surface area contributed by atoms with Crippen LogP contribution in [-0.2, 0) is 0 Å². The van der Waals surface area contributed by atoms with E-state index < -0.39 is 0 Å². The maximum atomic E-state index is 5.94. The average molecular weight is 457 g/mol. The first-order valence-electron chi connectivity index (χ1n) is 11.0. The number of fused-ring (bicyclic) bond motifs is 1. The number of nitrogens with zero attached hydrogens (tertiary/aromatic N) is 5. The zero-order valence-corrected chi connectivity index (χ0v) is 19.8. The molecule has 0 bridgehead atoms. The van der Waals surface area contributed by atoms with Crippen molar-refractivity contribution in [2.75, 3.05) is 31.0 Å². The van der Waals surface area contributed by atoms with E-state index in [1.165, 1.54) is 5.56 Å². The molecule has 34 heavy (non-hydrogen) atoms. The van der Waals surface area contributed by atoms with Gasteiger partial charge < -0.3 is 19.7 Å². The fraction of sp³-hybridized carbons (Fsp3) is 0.231. The van der Waals surface area contributed by atoms with Crippen molar-refractivity contribution in [2.45, 2.75) is 19.9 Å². The van der Waals surface area contributed by atoms with Crippen LogP contribution in [0.15, 0.2) is 77.0 Å². The van der Waals surface area contributed by atoms with Crippen LogP contribution in [0.1, 0.15) is 25.5 Å². The molecule has 0 spiro atoms. The van der Waals surface area contributed by atoms with Gasteiger partial charge in [-0.05, 0) is 31.5 Å². The van der Waals surface area contributed by atoms with Crippen molar-refractivity contribution >= 4 is 35.1 Å². The minimum absolute atomic E-state index is 0.0773. The Morgan fingerprint density at radius 3 is 2.82 bits per heavy atom. The summed E-state index contributed by atoms with van der Waals surface area (Å²) in [6, 6.07) is 16.0. The Bertz CT molecular complexity index is 1220. The van der Waals surface area contributed by atoms with Gasteiger partial charge in [0.05, 0.1) is 25.1 Å². The summed E-state index contributed by atoms with van der Waals surface area (Å²) in [6.45, 7) is 4.35. The Morgan fingerprint density at radius 2 is 2.06 bits per heavy atom. The topological polar surface area (TPSA) is 84.2 Å². The predicted octanol–water partition coefficient (Wildman–Crippen LogP) is 5.50. The third kappa shape index (κ3) is 5.23. The van der Waals surface area contributed by atoms with E-state index in [9.17, 15) is 0 Å². The average Bonchev–Trinajstić information content (AvgIpc) is 2.87. The fourth-order valence-electron chi connectivity index (χ4n) is 3.58. The Kier molecular flexibility index (Phi) is 7.17. The van der Waals surface area contributed by atoms with Crippen molar-refractivity contribution in [3.8, 4) is 11.5 Å². The molecule has 0 amide bonds. The molecule has 1 aromatic heterocycles. The van der Waals surface area contributed by atoms with E-state index in [2.05, 4.69) is 37.3 Å². The number of aliphatic imine (C=N–C) groups is 2. The van der Waals surface area contributed by atoms with E-state index in [-0.39, 0.29) is 6.04 Å². The number of allylic oxidation sites excluding steroid dienone is 1. The van der Waals surface area contributed by atoms with Gasteiger partial charge in [-0.3, -0.25) is 9.98 Å². The van der Waals surface area contributed by atoms with Crippen LogP contribution in [0, 0.1) is 0 Å². The van der Waals surface area contributed by atoms with E-state index in [0.29, 0.717) is 29.7 Å². The molecule has 0 saturated carbocycles. The number of ether oxygens (including phenoxy) is 2. The molecule has 1 aliphatic heterocycles. The van der Waals surface area contributed by atoms with Crippen molar-refractivity contribution in [1.29, 1.82) is 0 Å². The van der Waals surface area contributed by atoms with Crippen LogP contribution in [0.25, 0.3) is 0 Å². The molecule has 1 N–H and O–H groups in total. The van der Waals surface area contributed by atoms with Gasteiger partial charge in [0, 0.05) is 31.2 Å². The zero-order chi connectivity index (χ0) is 23.9. The summed E-state index contributed by atoms with van der Waals surface area (Å²) >= 11 is 0. The molecule has 0 aliphatic carbocycles. The number of hydrogen-bond acceptors (Lipinski definition) is 8. The van der Waals surface area contributed by atoms with Crippen molar-refractivity contribution < 1.29 is 9.47 Å². The highest BCUT2D eigenvalue weighted by atomic mass is 16.5. The normalized spacial score (nSPS) is 15.9. The molecule has 8 nitrogen and oxygen atoms in total. The van der Waals surface area contributed by atoms with Gasteiger partial charge in [0.2, 0.25) is 5.95 Å². The first-order chi connectivity index (χ1) is 16.6. The lowest BCUT2D eigenvalue weighted by Crippen LogP contribution is -2.34. The highest BCUT2D eigenvalue weighted by Gasteiger charge is 2.28. The number of anilines is 3.